The van der Waals surface area contributed by atoms with Crippen LogP contribution in [0, 0.1) is 23.7 Å². The van der Waals surface area contributed by atoms with Gasteiger partial charge in [-0.25, -0.2) is 0 Å². The van der Waals surface area contributed by atoms with Crippen molar-refractivity contribution < 1.29 is 13.5 Å². The Kier molecular flexibility index (Phi) is 12.5. The average molecular weight is 449 g/mol. The summed E-state index contributed by atoms with van der Waals surface area (Å²) in [5.41, 5.74) is 2.46. The van der Waals surface area contributed by atoms with Gasteiger partial charge in [0.2, 0.25) is 11.7 Å². The van der Waals surface area contributed by atoms with E-state index in [1.165, 1.54) is 37.7 Å². The SMILES string of the molecule is CCCCCCOc1ccc(C#C/C(F)=C(\F)C#Cc2ccc(CCCCCC)cc2)cc1. The minimum atomic E-state index is -1.16. The molecule has 174 valence electrons. The first-order valence-electron chi connectivity index (χ1n) is 12.0. The first kappa shape index (κ1) is 26.2. The number of aryl methyl sites for hydroxylation is 1. The van der Waals surface area contributed by atoms with Gasteiger partial charge in [0, 0.05) is 11.1 Å². The largest absolute Gasteiger partial charge is 0.494 e. The van der Waals surface area contributed by atoms with Gasteiger partial charge in [0.15, 0.2) is 0 Å². The van der Waals surface area contributed by atoms with Crippen LogP contribution in [0.1, 0.15) is 81.9 Å². The van der Waals surface area contributed by atoms with Crippen LogP contribution in [0.15, 0.2) is 60.2 Å². The van der Waals surface area contributed by atoms with Gasteiger partial charge in [0.25, 0.3) is 0 Å². The molecule has 0 saturated heterocycles. The Morgan fingerprint density at radius 2 is 1.18 bits per heavy atom. The van der Waals surface area contributed by atoms with Crippen LogP contribution in [0.3, 0.4) is 0 Å². The van der Waals surface area contributed by atoms with E-state index in [-0.39, 0.29) is 0 Å². The predicted octanol–water partition coefficient (Wildman–Crippen LogP) is 8.32. The Labute approximate surface area is 198 Å². The van der Waals surface area contributed by atoms with E-state index in [9.17, 15) is 8.78 Å². The van der Waals surface area contributed by atoms with Gasteiger partial charge in [-0.2, -0.15) is 8.78 Å². The van der Waals surface area contributed by atoms with Gasteiger partial charge in [0.05, 0.1) is 6.61 Å². The zero-order valence-corrected chi connectivity index (χ0v) is 19.9. The average Bonchev–Trinajstić information content (AvgIpc) is 2.85. The van der Waals surface area contributed by atoms with Crippen molar-refractivity contribution in [2.24, 2.45) is 0 Å². The molecule has 0 amide bonds. The summed E-state index contributed by atoms with van der Waals surface area (Å²) in [6.45, 7) is 5.04. The molecule has 2 aromatic carbocycles. The van der Waals surface area contributed by atoms with E-state index >= 15 is 0 Å². The van der Waals surface area contributed by atoms with E-state index in [2.05, 4.69) is 37.5 Å². The fraction of sp³-hybridized carbons (Fsp3) is 0.400. The number of rotatable bonds is 11. The lowest BCUT2D eigenvalue weighted by molar-refractivity contribution is 0.305. The third-order valence-electron chi connectivity index (χ3n) is 5.22. The molecule has 0 unspecified atom stereocenters. The van der Waals surface area contributed by atoms with E-state index < -0.39 is 11.7 Å². The van der Waals surface area contributed by atoms with Crippen LogP contribution in [-0.2, 0) is 6.42 Å². The molecule has 0 heterocycles. The summed E-state index contributed by atoms with van der Waals surface area (Å²) in [7, 11) is 0. The highest BCUT2D eigenvalue weighted by atomic mass is 19.2. The fourth-order valence-electron chi connectivity index (χ4n) is 3.23. The van der Waals surface area contributed by atoms with E-state index in [0.717, 1.165) is 31.4 Å². The van der Waals surface area contributed by atoms with Crippen LogP contribution in [0.5, 0.6) is 5.75 Å². The van der Waals surface area contributed by atoms with Crippen molar-refractivity contribution in [3.05, 3.63) is 76.9 Å². The molecule has 3 heteroatoms. The standard InChI is InChI=1S/C30H34F2O/c1-3-5-7-9-11-25-12-14-26(15-13-25)18-22-29(31)30(32)23-19-27-16-20-28(21-17-27)33-24-10-8-6-4-2/h12-17,20-21H,3-11,24H2,1-2H3/b30-29+. The van der Waals surface area contributed by atoms with Crippen molar-refractivity contribution in [2.75, 3.05) is 6.61 Å². The molecule has 33 heavy (non-hydrogen) atoms. The van der Waals surface area contributed by atoms with Crippen LogP contribution in [-0.4, -0.2) is 6.61 Å². The molecule has 2 rings (SSSR count). The Bertz CT molecular complexity index is 980. The number of halogens is 2. The molecular formula is C30H34F2O. The molecule has 0 fully saturated rings. The molecule has 0 bridgehead atoms. The smallest absolute Gasteiger partial charge is 0.217 e. The summed E-state index contributed by atoms with van der Waals surface area (Å²) < 4.78 is 33.7. The highest BCUT2D eigenvalue weighted by Crippen LogP contribution is 2.14. The molecule has 0 aliphatic heterocycles. The lowest BCUT2D eigenvalue weighted by Crippen LogP contribution is -1.96. The van der Waals surface area contributed by atoms with Crippen molar-refractivity contribution in [2.45, 2.75) is 71.6 Å². The Hall–Kier alpha value is -3.04. The molecule has 0 spiro atoms. The Morgan fingerprint density at radius 3 is 1.73 bits per heavy atom. The van der Waals surface area contributed by atoms with Gasteiger partial charge in [-0.3, -0.25) is 0 Å². The monoisotopic (exact) mass is 448 g/mol. The molecule has 2 aromatic rings. The van der Waals surface area contributed by atoms with Gasteiger partial charge < -0.3 is 4.74 Å². The number of ether oxygens (including phenoxy) is 1. The van der Waals surface area contributed by atoms with Crippen LogP contribution >= 0.6 is 0 Å². The van der Waals surface area contributed by atoms with E-state index in [1.54, 1.807) is 24.3 Å². The zero-order chi connectivity index (χ0) is 23.7. The van der Waals surface area contributed by atoms with Gasteiger partial charge >= 0.3 is 0 Å². The second-order valence-corrected chi connectivity index (χ2v) is 8.07. The maximum atomic E-state index is 14.0. The second-order valence-electron chi connectivity index (χ2n) is 8.07. The summed E-state index contributed by atoms with van der Waals surface area (Å²) in [5.74, 6) is 8.15. The fourth-order valence-corrected chi connectivity index (χ4v) is 3.23. The molecule has 0 aliphatic rings. The first-order valence-corrected chi connectivity index (χ1v) is 12.0. The van der Waals surface area contributed by atoms with Gasteiger partial charge in [-0.1, -0.05) is 76.3 Å². The number of benzene rings is 2. The van der Waals surface area contributed by atoms with Crippen molar-refractivity contribution in [1.82, 2.24) is 0 Å². The third-order valence-corrected chi connectivity index (χ3v) is 5.22. The third kappa shape index (κ3) is 10.9. The minimum Gasteiger partial charge on any atom is -0.494 e. The maximum absolute atomic E-state index is 14.0. The van der Waals surface area contributed by atoms with Gasteiger partial charge in [-0.15, -0.1) is 0 Å². The Morgan fingerprint density at radius 1 is 0.667 bits per heavy atom. The van der Waals surface area contributed by atoms with Gasteiger partial charge in [0.1, 0.15) is 5.75 Å². The molecule has 0 aromatic heterocycles. The van der Waals surface area contributed by atoms with Crippen molar-refractivity contribution in [3.8, 4) is 29.4 Å². The number of allylic oxidation sites excluding steroid dienone is 2. The first-order chi connectivity index (χ1) is 16.1. The molecule has 0 atom stereocenters. The van der Waals surface area contributed by atoms with Crippen molar-refractivity contribution >= 4 is 0 Å². The number of hydrogen-bond acceptors (Lipinski definition) is 1. The topological polar surface area (TPSA) is 9.23 Å². The van der Waals surface area contributed by atoms with Crippen LogP contribution < -0.4 is 4.74 Å². The number of unbranched alkanes of at least 4 members (excludes halogenated alkanes) is 6. The quantitative estimate of drug-likeness (QED) is 0.248. The maximum Gasteiger partial charge on any atom is 0.217 e. The summed E-state index contributed by atoms with van der Waals surface area (Å²) in [4.78, 5) is 0. The lowest BCUT2D eigenvalue weighted by Gasteiger charge is -2.05. The summed E-state index contributed by atoms with van der Waals surface area (Å²) in [6.07, 6.45) is 10.5. The summed E-state index contributed by atoms with van der Waals surface area (Å²) >= 11 is 0. The zero-order valence-electron chi connectivity index (χ0n) is 19.9. The van der Waals surface area contributed by atoms with E-state index in [0.29, 0.717) is 17.7 Å². The van der Waals surface area contributed by atoms with Crippen molar-refractivity contribution in [1.29, 1.82) is 0 Å². The highest BCUT2D eigenvalue weighted by Gasteiger charge is 2.00. The van der Waals surface area contributed by atoms with Crippen LogP contribution in [0.25, 0.3) is 0 Å². The van der Waals surface area contributed by atoms with Crippen molar-refractivity contribution in [3.63, 3.8) is 0 Å². The van der Waals surface area contributed by atoms with E-state index in [1.807, 2.05) is 24.3 Å². The van der Waals surface area contributed by atoms with Crippen LogP contribution in [0.2, 0.25) is 0 Å². The predicted molar refractivity (Wildman–Crippen MR) is 133 cm³/mol. The molecule has 1 nitrogen and oxygen atoms in total. The highest BCUT2D eigenvalue weighted by molar-refractivity contribution is 5.46. The molecular weight excluding hydrogens is 414 g/mol. The summed E-state index contributed by atoms with van der Waals surface area (Å²) in [6, 6.07) is 14.7. The second kappa shape index (κ2) is 15.7. The summed E-state index contributed by atoms with van der Waals surface area (Å²) in [5, 5.41) is 0. The van der Waals surface area contributed by atoms with E-state index in [4.69, 9.17) is 4.74 Å². The Balaban J connectivity index is 1.88. The van der Waals surface area contributed by atoms with Gasteiger partial charge in [-0.05, 0) is 73.1 Å². The molecule has 0 radical (unpaired) electrons. The minimum absolute atomic E-state index is 0.582. The molecule has 0 aliphatic carbocycles. The lowest BCUT2D eigenvalue weighted by atomic mass is 10.0. The molecule has 0 saturated carbocycles. The number of hydrogen-bond donors (Lipinski definition) is 0. The normalized spacial score (nSPS) is 11.0. The van der Waals surface area contributed by atoms with Crippen LogP contribution in [0.4, 0.5) is 8.78 Å². The molecule has 0 N–H and O–H groups in total.